The maximum Gasteiger partial charge on any atom is 0.143 e. The van der Waals surface area contributed by atoms with Gasteiger partial charge < -0.3 is 13.9 Å². The van der Waals surface area contributed by atoms with Gasteiger partial charge in [-0.3, -0.25) is 0 Å². The minimum atomic E-state index is 0.898. The summed E-state index contributed by atoms with van der Waals surface area (Å²) >= 11 is 0. The van der Waals surface area contributed by atoms with Gasteiger partial charge in [0.05, 0.1) is 16.7 Å². The maximum atomic E-state index is 6.54. The van der Waals surface area contributed by atoms with Crippen molar-refractivity contribution >= 4 is 60.8 Å². The Morgan fingerprint density at radius 2 is 0.667 bits per heavy atom. The zero-order chi connectivity index (χ0) is 49.7. The number of hydrogen-bond donors (Lipinski definition) is 0. The average Bonchev–Trinajstić information content (AvgIpc) is 4.05. The van der Waals surface area contributed by atoms with Crippen LogP contribution in [0.15, 0.2) is 296 Å². The molecular weight excluding hydrogens is 909 g/mol. The summed E-state index contributed by atoms with van der Waals surface area (Å²) < 4.78 is 8.95. The summed E-state index contributed by atoms with van der Waals surface area (Å²) in [6.07, 6.45) is 0. The summed E-state index contributed by atoms with van der Waals surface area (Å²) in [5, 5.41) is 4.76. The SMILES string of the molecule is c1ccc(-c2cccc(-c3ccc(N(c4ccc(-c5cccc(-c6ccccc6-n6c7ccccc7c7ccccc76)c5)cc4)c4ccc(-c5ccccc5-c5cccc6c5oc5ccccc56)cc4)cc3)c2)cc1. The molecular formula is C72H48N2O. The molecule has 0 aliphatic heterocycles. The molecule has 0 amide bonds. The van der Waals surface area contributed by atoms with E-state index < -0.39 is 0 Å². The third-order valence-corrected chi connectivity index (χ3v) is 14.8. The highest BCUT2D eigenvalue weighted by Gasteiger charge is 2.19. The van der Waals surface area contributed by atoms with E-state index in [0.29, 0.717) is 0 Å². The van der Waals surface area contributed by atoms with Gasteiger partial charge in [-0.2, -0.15) is 0 Å². The largest absolute Gasteiger partial charge is 0.455 e. The minimum absolute atomic E-state index is 0.898. The fourth-order valence-corrected chi connectivity index (χ4v) is 11.2. The van der Waals surface area contributed by atoms with Crippen LogP contribution >= 0.6 is 0 Å². The van der Waals surface area contributed by atoms with Crippen LogP contribution < -0.4 is 4.90 Å². The van der Waals surface area contributed by atoms with E-state index in [4.69, 9.17) is 4.42 Å². The topological polar surface area (TPSA) is 21.3 Å². The van der Waals surface area contributed by atoms with Crippen LogP contribution in [0, 0.1) is 0 Å². The third kappa shape index (κ3) is 7.86. The third-order valence-electron chi connectivity index (χ3n) is 14.8. The second-order valence-corrected chi connectivity index (χ2v) is 19.2. The highest BCUT2D eigenvalue weighted by atomic mass is 16.3. The van der Waals surface area contributed by atoms with Gasteiger partial charge in [-0.05, 0) is 128 Å². The van der Waals surface area contributed by atoms with Crippen molar-refractivity contribution in [1.29, 1.82) is 0 Å². The minimum Gasteiger partial charge on any atom is -0.455 e. The Hall–Kier alpha value is -9.96. The number of fused-ring (bicyclic) bond motifs is 6. The molecule has 352 valence electrons. The monoisotopic (exact) mass is 956 g/mol. The quantitative estimate of drug-likeness (QED) is 0.136. The van der Waals surface area contributed by atoms with Crippen molar-refractivity contribution in [1.82, 2.24) is 4.57 Å². The van der Waals surface area contributed by atoms with Crippen molar-refractivity contribution in [2.24, 2.45) is 0 Å². The predicted molar refractivity (Wildman–Crippen MR) is 315 cm³/mol. The lowest BCUT2D eigenvalue weighted by Crippen LogP contribution is -2.09. The summed E-state index contributed by atoms with van der Waals surface area (Å²) in [5.41, 5.74) is 22.5. The molecule has 0 aliphatic carbocycles. The van der Waals surface area contributed by atoms with Crippen LogP contribution in [0.2, 0.25) is 0 Å². The number of rotatable bonds is 10. The number of anilines is 3. The van der Waals surface area contributed by atoms with Crippen molar-refractivity contribution in [2.75, 3.05) is 4.90 Å². The zero-order valence-corrected chi connectivity index (χ0v) is 41.0. The molecule has 14 rings (SSSR count). The highest BCUT2D eigenvalue weighted by molar-refractivity contribution is 6.11. The van der Waals surface area contributed by atoms with Gasteiger partial charge in [-0.1, -0.05) is 218 Å². The fraction of sp³-hybridized carbons (Fsp3) is 0. The molecule has 0 aliphatic rings. The fourth-order valence-electron chi connectivity index (χ4n) is 11.2. The molecule has 0 saturated carbocycles. The Balaban J connectivity index is 0.830. The van der Waals surface area contributed by atoms with E-state index in [2.05, 4.69) is 289 Å². The summed E-state index contributed by atoms with van der Waals surface area (Å²) in [6, 6.07) is 105. The molecule has 0 bridgehead atoms. The number of furan rings is 1. The van der Waals surface area contributed by atoms with E-state index in [1.807, 2.05) is 12.1 Å². The van der Waals surface area contributed by atoms with Gasteiger partial charge in [0.15, 0.2) is 0 Å². The van der Waals surface area contributed by atoms with Gasteiger partial charge in [0.25, 0.3) is 0 Å². The first-order valence-electron chi connectivity index (χ1n) is 25.6. The van der Waals surface area contributed by atoms with E-state index in [1.54, 1.807) is 0 Å². The molecule has 0 unspecified atom stereocenters. The Morgan fingerprint density at radius 1 is 0.253 bits per heavy atom. The van der Waals surface area contributed by atoms with Crippen LogP contribution in [0.1, 0.15) is 0 Å². The number of nitrogens with zero attached hydrogens (tertiary/aromatic N) is 2. The van der Waals surface area contributed by atoms with Crippen molar-refractivity contribution in [3.05, 3.63) is 291 Å². The van der Waals surface area contributed by atoms with Crippen LogP contribution in [-0.2, 0) is 0 Å². The van der Waals surface area contributed by atoms with Crippen molar-refractivity contribution in [3.8, 4) is 72.4 Å². The smallest absolute Gasteiger partial charge is 0.143 e. The van der Waals surface area contributed by atoms with Crippen LogP contribution in [0.25, 0.3) is 116 Å². The van der Waals surface area contributed by atoms with E-state index in [0.717, 1.165) is 83.6 Å². The molecule has 14 aromatic rings. The van der Waals surface area contributed by atoms with E-state index in [-0.39, 0.29) is 0 Å². The number of para-hydroxylation sites is 5. The van der Waals surface area contributed by atoms with Gasteiger partial charge in [0, 0.05) is 49.7 Å². The number of hydrogen-bond acceptors (Lipinski definition) is 2. The highest BCUT2D eigenvalue weighted by Crippen LogP contribution is 2.43. The maximum absolute atomic E-state index is 6.54. The van der Waals surface area contributed by atoms with Crippen LogP contribution in [0.4, 0.5) is 17.1 Å². The van der Waals surface area contributed by atoms with Crippen molar-refractivity contribution in [3.63, 3.8) is 0 Å². The molecule has 12 aromatic carbocycles. The van der Waals surface area contributed by atoms with E-state index in [1.165, 1.54) is 49.6 Å². The van der Waals surface area contributed by atoms with Gasteiger partial charge in [-0.15, -0.1) is 0 Å². The van der Waals surface area contributed by atoms with E-state index >= 15 is 0 Å². The second kappa shape index (κ2) is 18.6. The summed E-state index contributed by atoms with van der Waals surface area (Å²) in [6.45, 7) is 0. The summed E-state index contributed by atoms with van der Waals surface area (Å²) in [7, 11) is 0. The zero-order valence-electron chi connectivity index (χ0n) is 41.0. The van der Waals surface area contributed by atoms with Gasteiger partial charge in [0.2, 0.25) is 0 Å². The number of aromatic nitrogens is 1. The molecule has 0 radical (unpaired) electrons. The van der Waals surface area contributed by atoms with Gasteiger partial charge in [0.1, 0.15) is 11.2 Å². The van der Waals surface area contributed by atoms with Crippen LogP contribution in [0.5, 0.6) is 0 Å². The molecule has 2 aromatic heterocycles. The molecule has 0 fully saturated rings. The molecule has 0 saturated heterocycles. The lowest BCUT2D eigenvalue weighted by atomic mass is 9.93. The summed E-state index contributed by atoms with van der Waals surface area (Å²) in [5.74, 6) is 0. The van der Waals surface area contributed by atoms with E-state index in [9.17, 15) is 0 Å². The van der Waals surface area contributed by atoms with Crippen LogP contribution in [0.3, 0.4) is 0 Å². The summed E-state index contributed by atoms with van der Waals surface area (Å²) in [4.78, 5) is 2.36. The van der Waals surface area contributed by atoms with Crippen molar-refractivity contribution < 1.29 is 4.42 Å². The number of benzene rings is 12. The second-order valence-electron chi connectivity index (χ2n) is 19.2. The normalized spacial score (nSPS) is 11.5. The Morgan fingerprint density at radius 3 is 1.29 bits per heavy atom. The molecule has 0 atom stereocenters. The molecule has 3 heteroatoms. The van der Waals surface area contributed by atoms with Crippen molar-refractivity contribution in [2.45, 2.75) is 0 Å². The first-order valence-corrected chi connectivity index (χ1v) is 25.6. The molecule has 3 nitrogen and oxygen atoms in total. The van der Waals surface area contributed by atoms with Gasteiger partial charge >= 0.3 is 0 Å². The molecule has 0 N–H and O–H groups in total. The van der Waals surface area contributed by atoms with Gasteiger partial charge in [-0.25, -0.2) is 0 Å². The molecule has 2 heterocycles. The Labute approximate surface area is 436 Å². The first-order chi connectivity index (χ1) is 37.2. The lowest BCUT2D eigenvalue weighted by molar-refractivity contribution is 0.670. The Kier molecular flexibility index (Phi) is 10.8. The standard InChI is InChI=1S/C72H48N2O/c1-2-17-49(18-3-1)53-19-14-20-54(47-53)50-35-41-57(42-36-50)73(59-45-39-52(40-46-59)60-23-4-5-25-62(60)66-29-16-30-67-65-28-9-13-34-71(65)75-72(66)67)58-43-37-51(38-44-58)55-21-15-22-56(48-55)61-24-6-10-31-68(61)74-69-32-11-7-26-63(69)64-27-8-12-33-70(64)74/h1-48H. The average molecular weight is 957 g/mol. The lowest BCUT2D eigenvalue weighted by Gasteiger charge is -2.26. The molecule has 0 spiro atoms. The predicted octanol–water partition coefficient (Wildman–Crippen LogP) is 20.2. The van der Waals surface area contributed by atoms with Crippen LogP contribution in [-0.4, -0.2) is 4.57 Å². The Bertz CT molecular complexity index is 4340. The first kappa shape index (κ1) is 43.8. The molecule has 75 heavy (non-hydrogen) atoms.